The molecule has 4 bridgehead atoms. The molecule has 1 aromatic heterocycles. The fourth-order valence-electron chi connectivity index (χ4n) is 9.43. The van der Waals surface area contributed by atoms with E-state index in [0.29, 0.717) is 45.1 Å². The van der Waals surface area contributed by atoms with Crippen molar-refractivity contribution >= 4 is 34.9 Å². The van der Waals surface area contributed by atoms with Gasteiger partial charge in [0.1, 0.15) is 36.5 Å². The molecule has 2 heterocycles. The van der Waals surface area contributed by atoms with E-state index < -0.39 is 47.3 Å². The quantitative estimate of drug-likeness (QED) is 0.0508. The third kappa shape index (κ3) is 13.3. The molecule has 0 unspecified atom stereocenters. The number of rotatable bonds is 19. The largest absolute Gasteiger partial charge is 0.492 e. The molecule has 4 aromatic rings. The summed E-state index contributed by atoms with van der Waals surface area (Å²) in [6.07, 6.45) is 6.60. The molecule has 16 nitrogen and oxygen atoms in total. The Morgan fingerprint density at radius 2 is 1.53 bits per heavy atom. The number of nitrogens with zero attached hydrogens (tertiary/aromatic N) is 3. The Bertz CT molecular complexity index is 2510. The van der Waals surface area contributed by atoms with Gasteiger partial charge in [-0.05, 0) is 118 Å². The Balaban J connectivity index is 1.33. The molecular weight excluding hydrogens is 889 g/mol. The predicted octanol–water partition coefficient (Wildman–Crippen LogP) is 6.33. The van der Waals surface area contributed by atoms with Crippen molar-refractivity contribution in [3.05, 3.63) is 89.1 Å². The maximum Gasteiger partial charge on any atom is 0.226 e. The molecule has 372 valence electrons. The number of fused-ring (bicyclic) bond motifs is 5. The van der Waals surface area contributed by atoms with Crippen molar-refractivity contribution in [3.63, 3.8) is 0 Å². The van der Waals surface area contributed by atoms with E-state index in [4.69, 9.17) is 42.1 Å². The monoisotopic (exact) mass is 957 g/mol. The lowest BCUT2D eigenvalue weighted by atomic mass is 9.88. The van der Waals surface area contributed by atoms with Crippen LogP contribution in [0.3, 0.4) is 0 Å². The number of benzene rings is 3. The summed E-state index contributed by atoms with van der Waals surface area (Å²) < 4.78 is 18.6. The lowest BCUT2D eigenvalue weighted by Crippen LogP contribution is -2.46. The van der Waals surface area contributed by atoms with Crippen LogP contribution >= 0.6 is 0 Å². The van der Waals surface area contributed by atoms with Gasteiger partial charge in [0.05, 0.1) is 35.2 Å². The van der Waals surface area contributed by atoms with Crippen LogP contribution in [0.4, 0.5) is 5.69 Å². The summed E-state index contributed by atoms with van der Waals surface area (Å²) in [6, 6.07) is 19.5. The molecule has 6 rings (SSSR count). The molecule has 9 N–H and O–H groups in total. The minimum atomic E-state index is -1.26. The number of pyridine rings is 1. The molecule has 0 radical (unpaired) electrons. The molecule has 0 saturated heterocycles. The molecule has 70 heavy (non-hydrogen) atoms. The Morgan fingerprint density at radius 3 is 2.16 bits per heavy atom. The van der Waals surface area contributed by atoms with Gasteiger partial charge in [0.15, 0.2) is 17.3 Å². The number of hydrogen-bond donors (Lipinski definition) is 5. The fourth-order valence-corrected chi connectivity index (χ4v) is 9.43. The lowest BCUT2D eigenvalue weighted by molar-refractivity contribution is -0.142. The highest BCUT2D eigenvalue weighted by molar-refractivity contribution is 6.04. The van der Waals surface area contributed by atoms with Gasteiger partial charge in [-0.15, -0.1) is 0 Å². The van der Waals surface area contributed by atoms with Crippen molar-refractivity contribution in [1.82, 2.24) is 15.2 Å². The van der Waals surface area contributed by atoms with Gasteiger partial charge in [0.25, 0.3) is 0 Å². The molecule has 16 heteroatoms. The molecule has 1 saturated carbocycles. The minimum absolute atomic E-state index is 0.0361. The van der Waals surface area contributed by atoms with Crippen molar-refractivity contribution < 1.29 is 38.2 Å². The Labute approximate surface area is 410 Å². The van der Waals surface area contributed by atoms with Crippen LogP contribution in [0.1, 0.15) is 111 Å². The van der Waals surface area contributed by atoms with E-state index in [1.807, 2.05) is 36.4 Å². The average molecular weight is 957 g/mol. The maximum absolute atomic E-state index is 14.9. The third-order valence-electron chi connectivity index (χ3n) is 13.1. The van der Waals surface area contributed by atoms with E-state index in [1.54, 1.807) is 50.2 Å². The number of amides is 2. The molecule has 4 atom stereocenters. The summed E-state index contributed by atoms with van der Waals surface area (Å²) in [7, 11) is 1.49. The number of nitrogens with one attached hydrogen (secondary N) is 1. The zero-order chi connectivity index (χ0) is 50.3. The second-order valence-electron chi connectivity index (χ2n) is 18.4. The standard InChI is InChI=1S/C54H68N8O8/c1-33-27-48(65)52(37-15-19-50(69-26-24-58)42(30-37)41-28-35(12-18-49(41)68-25-23-57)29-45(61-53(33)66)46(63)11-8-21-55)62(3)54(67)38(20-22-56)31-47(64)51-34(2)60-44(32-43(51)59)36-13-16-40(17-14-36)70-39-9-6-4-5-7-10-39/h12-19,28,30,32-33,38-39,45,52H,4-11,20,22-27,29,31,56-58H2,1-3H3,(H2,59,60)(H,61,66)/t33-,38-,45+,52+/m1/s1. The molecular formula is C54H68N8O8. The topological polar surface area (TPSA) is 269 Å². The second kappa shape index (κ2) is 25.3. The molecule has 2 aliphatic rings. The van der Waals surface area contributed by atoms with E-state index in [0.717, 1.165) is 24.2 Å². The van der Waals surface area contributed by atoms with Gasteiger partial charge in [-0.3, -0.25) is 29.0 Å². The number of nitrogen functional groups attached to an aromatic ring is 1. The molecule has 1 fully saturated rings. The van der Waals surface area contributed by atoms with E-state index in [1.165, 1.54) is 37.6 Å². The summed E-state index contributed by atoms with van der Waals surface area (Å²) >= 11 is 0. The smallest absolute Gasteiger partial charge is 0.226 e. The highest BCUT2D eigenvalue weighted by atomic mass is 16.5. The highest BCUT2D eigenvalue weighted by Crippen LogP contribution is 2.41. The van der Waals surface area contributed by atoms with Crippen LogP contribution in [0.5, 0.6) is 17.2 Å². The number of aromatic nitrogens is 1. The number of nitriles is 1. The number of Topliss-reactive ketones (excluding diaryl/α,β-unsaturated/α-hetero) is 3. The van der Waals surface area contributed by atoms with Crippen LogP contribution in [0.2, 0.25) is 0 Å². The van der Waals surface area contributed by atoms with Crippen LogP contribution in [-0.4, -0.2) is 91.1 Å². The third-order valence-corrected chi connectivity index (χ3v) is 13.1. The van der Waals surface area contributed by atoms with Crippen LogP contribution in [0.15, 0.2) is 66.7 Å². The Kier molecular flexibility index (Phi) is 19.0. The average Bonchev–Trinajstić information content (AvgIpc) is 3.62. The van der Waals surface area contributed by atoms with E-state index in [9.17, 15) is 29.2 Å². The predicted molar refractivity (Wildman–Crippen MR) is 268 cm³/mol. The van der Waals surface area contributed by atoms with Crippen LogP contribution < -0.4 is 42.5 Å². The number of hydrogen-bond acceptors (Lipinski definition) is 14. The number of carbonyl (C=O) groups excluding carboxylic acids is 5. The Morgan fingerprint density at radius 1 is 0.871 bits per heavy atom. The van der Waals surface area contributed by atoms with Gasteiger partial charge in [-0.2, -0.15) is 5.26 Å². The van der Waals surface area contributed by atoms with Crippen molar-refractivity contribution in [1.29, 1.82) is 5.26 Å². The van der Waals surface area contributed by atoms with Gasteiger partial charge in [-0.1, -0.05) is 31.9 Å². The van der Waals surface area contributed by atoms with Gasteiger partial charge in [0, 0.05) is 80.0 Å². The number of anilines is 1. The summed E-state index contributed by atoms with van der Waals surface area (Å²) in [4.78, 5) is 77.4. The maximum atomic E-state index is 14.9. The summed E-state index contributed by atoms with van der Waals surface area (Å²) in [5.74, 6) is -2.55. The zero-order valence-corrected chi connectivity index (χ0v) is 40.7. The van der Waals surface area contributed by atoms with Crippen molar-refractivity contribution in [2.75, 3.05) is 45.6 Å². The van der Waals surface area contributed by atoms with Crippen LogP contribution in [0, 0.1) is 30.1 Å². The first-order valence-corrected chi connectivity index (χ1v) is 24.5. The Hall–Kier alpha value is -6.67. The summed E-state index contributed by atoms with van der Waals surface area (Å²) in [6.45, 7) is 4.10. The van der Waals surface area contributed by atoms with Gasteiger partial charge in [0.2, 0.25) is 11.8 Å². The number of carbonyl (C=O) groups is 5. The number of aryl methyl sites for hydroxylation is 1. The molecule has 3 aromatic carbocycles. The van der Waals surface area contributed by atoms with Gasteiger partial charge < -0.3 is 47.4 Å². The van der Waals surface area contributed by atoms with Crippen molar-refractivity contribution in [3.8, 4) is 45.7 Å². The molecule has 0 spiro atoms. The minimum Gasteiger partial charge on any atom is -0.492 e. The number of ether oxygens (including phenoxy) is 3. The van der Waals surface area contributed by atoms with Crippen LogP contribution in [-0.2, 0) is 25.6 Å². The molecule has 2 amide bonds. The van der Waals surface area contributed by atoms with Crippen molar-refractivity contribution in [2.24, 2.45) is 29.0 Å². The number of nitrogens with two attached hydrogens (primary N) is 4. The van der Waals surface area contributed by atoms with Crippen LogP contribution in [0.25, 0.3) is 22.4 Å². The first-order valence-electron chi connectivity index (χ1n) is 24.5. The van der Waals surface area contributed by atoms with E-state index in [-0.39, 0.29) is 94.5 Å². The van der Waals surface area contributed by atoms with Gasteiger partial charge in [-0.25, -0.2) is 0 Å². The first-order chi connectivity index (χ1) is 33.8. The zero-order valence-electron chi connectivity index (χ0n) is 40.7. The lowest BCUT2D eigenvalue weighted by Gasteiger charge is -2.32. The normalized spacial score (nSPS) is 18.0. The SMILES string of the molecule is Cc1nc(-c2ccc(OC3CCCCCC3)cc2)cc(N)c1C(=O)C[C@@H](CCN)C(=O)N(C)[C@@H]1C(=O)C[C@@H](C)C(=O)N[C@H](C(=O)CCC#N)Cc2ccc(OCCN)c(c2)-c2cc1ccc2OCCN. The number of likely N-dealkylation sites (N-methyl/N-ethyl adjacent to an activating group) is 1. The second-order valence-corrected chi connectivity index (χ2v) is 18.4. The molecule has 1 aliphatic carbocycles. The van der Waals surface area contributed by atoms with E-state index in [2.05, 4.69) is 5.32 Å². The van der Waals surface area contributed by atoms with Gasteiger partial charge >= 0.3 is 0 Å². The summed E-state index contributed by atoms with van der Waals surface area (Å²) in [5, 5.41) is 12.1. The molecule has 1 aliphatic heterocycles. The van der Waals surface area contributed by atoms with E-state index >= 15 is 0 Å². The fraction of sp³-hybridized carbons (Fsp3) is 0.463. The highest BCUT2D eigenvalue weighted by Gasteiger charge is 2.36. The summed E-state index contributed by atoms with van der Waals surface area (Å²) in [5.41, 5.74) is 28.8. The van der Waals surface area contributed by atoms with Crippen molar-refractivity contribution in [2.45, 2.75) is 109 Å². The first kappa shape index (κ1) is 52.7. The number of ketones is 3.